The van der Waals surface area contributed by atoms with Crippen molar-refractivity contribution in [2.24, 2.45) is 0 Å². The Morgan fingerprint density at radius 3 is 2.39 bits per heavy atom. The number of aliphatic hydroxyl groups is 1. The smallest absolute Gasteiger partial charge is 0.460 e. The van der Waals surface area contributed by atoms with Crippen LogP contribution in [0.15, 0.2) is 36.4 Å². The SMILES string of the molecule is C=C(C)C(=O)OCC(O)COC(=O)COC(=O)c1cccc(OC(F)(F)F)c1. The molecule has 1 atom stereocenters. The molecule has 0 saturated carbocycles. The molecule has 0 aromatic heterocycles. The third-order valence-electron chi connectivity index (χ3n) is 2.82. The van der Waals surface area contributed by atoms with Gasteiger partial charge >= 0.3 is 24.3 Å². The number of halogens is 3. The monoisotopic (exact) mass is 406 g/mol. The Bertz CT molecular complexity index is 729. The van der Waals surface area contributed by atoms with E-state index in [9.17, 15) is 32.7 Å². The maximum atomic E-state index is 12.2. The molecule has 0 saturated heterocycles. The van der Waals surface area contributed by atoms with E-state index in [1.807, 2.05) is 0 Å². The number of esters is 3. The number of carbonyl (C=O) groups is 3. The Labute approximate surface area is 157 Å². The van der Waals surface area contributed by atoms with Gasteiger partial charge in [-0.05, 0) is 25.1 Å². The predicted octanol–water partition coefficient (Wildman–Crippen LogP) is 1.77. The largest absolute Gasteiger partial charge is 0.573 e. The zero-order chi connectivity index (χ0) is 21.3. The third kappa shape index (κ3) is 9.03. The number of alkyl halides is 3. The molecule has 28 heavy (non-hydrogen) atoms. The van der Waals surface area contributed by atoms with E-state index in [2.05, 4.69) is 25.5 Å². The first kappa shape index (κ1) is 23.0. The highest BCUT2D eigenvalue weighted by atomic mass is 19.4. The molecule has 0 amide bonds. The molecule has 1 aromatic carbocycles. The number of hydrogen-bond donors (Lipinski definition) is 1. The molecule has 1 N–H and O–H groups in total. The fourth-order valence-electron chi connectivity index (χ4n) is 1.60. The summed E-state index contributed by atoms with van der Waals surface area (Å²) in [5.74, 6) is -3.46. The van der Waals surface area contributed by atoms with Crippen LogP contribution in [0, 0.1) is 0 Å². The van der Waals surface area contributed by atoms with Crippen molar-refractivity contribution >= 4 is 17.9 Å². The van der Waals surface area contributed by atoms with Crippen LogP contribution in [-0.2, 0) is 23.8 Å². The highest BCUT2D eigenvalue weighted by molar-refractivity contribution is 5.91. The second kappa shape index (κ2) is 10.3. The van der Waals surface area contributed by atoms with Gasteiger partial charge in [0.15, 0.2) is 6.61 Å². The van der Waals surface area contributed by atoms with Gasteiger partial charge in [0.2, 0.25) is 0 Å². The van der Waals surface area contributed by atoms with E-state index < -0.39 is 55.9 Å². The summed E-state index contributed by atoms with van der Waals surface area (Å²) in [4.78, 5) is 34.4. The quantitative estimate of drug-likeness (QED) is 0.376. The average molecular weight is 406 g/mol. The van der Waals surface area contributed by atoms with Gasteiger partial charge < -0.3 is 24.1 Å². The molecule has 0 fully saturated rings. The molecule has 8 nitrogen and oxygen atoms in total. The van der Waals surface area contributed by atoms with Crippen LogP contribution in [0.25, 0.3) is 0 Å². The van der Waals surface area contributed by atoms with Crippen molar-refractivity contribution in [1.29, 1.82) is 0 Å². The Kier molecular flexibility index (Phi) is 8.45. The Hall–Kier alpha value is -3.08. The van der Waals surface area contributed by atoms with Crippen LogP contribution in [0.5, 0.6) is 5.75 Å². The first-order valence-corrected chi connectivity index (χ1v) is 7.67. The summed E-state index contributed by atoms with van der Waals surface area (Å²) >= 11 is 0. The van der Waals surface area contributed by atoms with Gasteiger partial charge in [-0.3, -0.25) is 0 Å². The third-order valence-corrected chi connectivity index (χ3v) is 2.82. The summed E-state index contributed by atoms with van der Waals surface area (Å²) in [6.45, 7) is 2.93. The fraction of sp³-hybridized carbons (Fsp3) is 0.353. The van der Waals surface area contributed by atoms with Crippen molar-refractivity contribution in [3.63, 3.8) is 0 Å². The lowest BCUT2D eigenvalue weighted by Gasteiger charge is -2.12. The summed E-state index contributed by atoms with van der Waals surface area (Å²) in [7, 11) is 0. The van der Waals surface area contributed by atoms with Crippen LogP contribution in [0.2, 0.25) is 0 Å². The number of rotatable bonds is 9. The molecule has 11 heteroatoms. The molecule has 0 bridgehead atoms. The van der Waals surface area contributed by atoms with Crippen molar-refractivity contribution in [3.8, 4) is 5.75 Å². The van der Waals surface area contributed by atoms with Gasteiger partial charge in [0, 0.05) is 5.57 Å². The van der Waals surface area contributed by atoms with Crippen molar-refractivity contribution in [3.05, 3.63) is 42.0 Å². The molecular formula is C17H17F3O8. The number of carbonyl (C=O) groups excluding carboxylic acids is 3. The van der Waals surface area contributed by atoms with Gasteiger partial charge in [-0.15, -0.1) is 13.2 Å². The number of benzene rings is 1. The van der Waals surface area contributed by atoms with E-state index in [4.69, 9.17) is 0 Å². The zero-order valence-electron chi connectivity index (χ0n) is 14.7. The molecule has 1 rings (SSSR count). The van der Waals surface area contributed by atoms with Crippen LogP contribution in [0.1, 0.15) is 17.3 Å². The van der Waals surface area contributed by atoms with Gasteiger partial charge in [0.05, 0.1) is 5.56 Å². The molecular weight excluding hydrogens is 389 g/mol. The Morgan fingerprint density at radius 1 is 1.14 bits per heavy atom. The zero-order valence-corrected chi connectivity index (χ0v) is 14.7. The average Bonchev–Trinajstić information content (AvgIpc) is 2.60. The van der Waals surface area contributed by atoms with E-state index in [-0.39, 0.29) is 11.1 Å². The minimum Gasteiger partial charge on any atom is -0.460 e. The lowest BCUT2D eigenvalue weighted by Crippen LogP contribution is -2.27. The van der Waals surface area contributed by atoms with Gasteiger partial charge in [0.1, 0.15) is 25.1 Å². The minimum atomic E-state index is -4.92. The first-order chi connectivity index (χ1) is 13.0. The van der Waals surface area contributed by atoms with Crippen molar-refractivity contribution < 1.29 is 51.6 Å². The normalized spacial score (nSPS) is 11.9. The summed E-state index contributed by atoms with van der Waals surface area (Å²) in [5, 5.41) is 9.51. The van der Waals surface area contributed by atoms with Crippen LogP contribution in [0.4, 0.5) is 13.2 Å². The lowest BCUT2D eigenvalue weighted by atomic mass is 10.2. The van der Waals surface area contributed by atoms with E-state index in [1.54, 1.807) is 0 Å². The molecule has 0 aliphatic rings. The van der Waals surface area contributed by atoms with E-state index in [0.717, 1.165) is 24.3 Å². The highest BCUT2D eigenvalue weighted by Gasteiger charge is 2.31. The second-order valence-corrected chi connectivity index (χ2v) is 5.37. The fourth-order valence-corrected chi connectivity index (χ4v) is 1.60. The number of ether oxygens (including phenoxy) is 4. The van der Waals surface area contributed by atoms with Crippen LogP contribution in [-0.4, -0.2) is 55.3 Å². The van der Waals surface area contributed by atoms with Gasteiger partial charge in [-0.25, -0.2) is 14.4 Å². The van der Waals surface area contributed by atoms with Crippen molar-refractivity contribution in [1.82, 2.24) is 0 Å². The van der Waals surface area contributed by atoms with E-state index in [0.29, 0.717) is 0 Å². The second-order valence-electron chi connectivity index (χ2n) is 5.37. The summed E-state index contributed by atoms with van der Waals surface area (Å²) in [5.41, 5.74) is -0.151. The standard InChI is InChI=1S/C17H17F3O8/c1-10(2)15(23)26-8-12(21)7-25-14(22)9-27-16(24)11-4-3-5-13(6-11)28-17(18,19)20/h3-6,12,21H,1,7-9H2,2H3. The lowest BCUT2D eigenvalue weighted by molar-refractivity contribution is -0.274. The molecule has 0 heterocycles. The molecule has 154 valence electrons. The van der Waals surface area contributed by atoms with Gasteiger partial charge in [0.25, 0.3) is 0 Å². The van der Waals surface area contributed by atoms with Gasteiger partial charge in [-0.1, -0.05) is 12.6 Å². The maximum absolute atomic E-state index is 12.2. The van der Waals surface area contributed by atoms with Crippen LogP contribution >= 0.6 is 0 Å². The van der Waals surface area contributed by atoms with E-state index >= 15 is 0 Å². The highest BCUT2D eigenvalue weighted by Crippen LogP contribution is 2.23. The molecule has 1 unspecified atom stereocenters. The molecule has 1 aromatic rings. The minimum absolute atomic E-state index is 0.126. The summed E-state index contributed by atoms with van der Waals surface area (Å²) in [6.07, 6.45) is -6.23. The molecule has 0 aliphatic heterocycles. The van der Waals surface area contributed by atoms with Crippen LogP contribution < -0.4 is 4.74 Å². The van der Waals surface area contributed by atoms with E-state index in [1.165, 1.54) is 6.92 Å². The predicted molar refractivity (Wildman–Crippen MR) is 86.1 cm³/mol. The summed E-state index contributed by atoms with van der Waals surface area (Å²) < 4.78 is 54.0. The number of aliphatic hydroxyl groups excluding tert-OH is 1. The van der Waals surface area contributed by atoms with Crippen LogP contribution in [0.3, 0.4) is 0 Å². The molecule has 0 radical (unpaired) electrons. The van der Waals surface area contributed by atoms with Gasteiger partial charge in [-0.2, -0.15) is 0 Å². The van der Waals surface area contributed by atoms with Crippen molar-refractivity contribution in [2.45, 2.75) is 19.4 Å². The summed E-state index contributed by atoms with van der Waals surface area (Å²) in [6, 6.07) is 4.08. The number of hydrogen-bond acceptors (Lipinski definition) is 8. The Morgan fingerprint density at radius 2 is 1.79 bits per heavy atom. The molecule has 0 aliphatic carbocycles. The van der Waals surface area contributed by atoms with Crippen molar-refractivity contribution in [2.75, 3.05) is 19.8 Å². The Balaban J connectivity index is 2.40. The molecule has 0 spiro atoms. The first-order valence-electron chi connectivity index (χ1n) is 7.67. The maximum Gasteiger partial charge on any atom is 0.573 e. The topological polar surface area (TPSA) is 108 Å².